The van der Waals surface area contributed by atoms with Crippen LogP contribution in [0.1, 0.15) is 30.3 Å². The highest BCUT2D eigenvalue weighted by Gasteiger charge is 2.27. The lowest BCUT2D eigenvalue weighted by molar-refractivity contribution is 0.0518. The van der Waals surface area contributed by atoms with E-state index in [-0.39, 0.29) is 12.0 Å². The fourth-order valence-electron chi connectivity index (χ4n) is 2.86. The number of benzene rings is 1. The zero-order chi connectivity index (χ0) is 14.1. The minimum atomic E-state index is -0.293. The molecule has 0 aliphatic carbocycles. The Hall–Kier alpha value is -1.88. The minimum absolute atomic E-state index is 0.0218. The summed E-state index contributed by atoms with van der Waals surface area (Å²) in [4.78, 5) is 14.4. The summed E-state index contributed by atoms with van der Waals surface area (Å²) in [6.45, 7) is 3.20. The van der Waals surface area contributed by atoms with Gasteiger partial charge in [-0.2, -0.15) is 5.10 Å². The van der Waals surface area contributed by atoms with Gasteiger partial charge >= 0.3 is 0 Å². The van der Waals surface area contributed by atoms with Crippen molar-refractivity contribution in [1.29, 1.82) is 0 Å². The number of likely N-dealkylation sites (tertiary alicyclic amines) is 1. The first kappa shape index (κ1) is 13.1. The molecule has 1 unspecified atom stereocenters. The van der Waals surface area contributed by atoms with Crippen molar-refractivity contribution in [3.8, 4) is 0 Å². The summed E-state index contributed by atoms with van der Waals surface area (Å²) in [6.07, 6.45) is 1.41. The van der Waals surface area contributed by atoms with Gasteiger partial charge in [-0.15, -0.1) is 0 Å². The van der Waals surface area contributed by atoms with Crippen LogP contribution in [-0.4, -0.2) is 45.3 Å². The van der Waals surface area contributed by atoms with Crippen molar-refractivity contribution in [3.05, 3.63) is 30.0 Å². The molecule has 1 fully saturated rings. The monoisotopic (exact) mass is 273 g/mol. The first-order chi connectivity index (χ1) is 9.66. The van der Waals surface area contributed by atoms with E-state index < -0.39 is 0 Å². The molecule has 20 heavy (non-hydrogen) atoms. The number of aromatic amines is 1. The number of nitrogens with one attached hydrogen (secondary N) is 1. The van der Waals surface area contributed by atoms with Crippen molar-refractivity contribution in [3.63, 3.8) is 0 Å². The molecule has 2 heterocycles. The molecule has 2 N–H and O–H groups in total. The number of aliphatic hydroxyl groups is 1. The zero-order valence-corrected chi connectivity index (χ0v) is 11.5. The Bertz CT molecular complexity index is 612. The molecule has 3 rings (SSSR count). The van der Waals surface area contributed by atoms with Crippen molar-refractivity contribution >= 4 is 16.8 Å². The molecule has 0 radical (unpaired) electrons. The summed E-state index contributed by atoms with van der Waals surface area (Å²) >= 11 is 0. The van der Waals surface area contributed by atoms with Crippen LogP contribution < -0.4 is 0 Å². The second-order valence-electron chi connectivity index (χ2n) is 5.49. The van der Waals surface area contributed by atoms with Gasteiger partial charge < -0.3 is 10.0 Å². The number of carbonyl (C=O) groups excluding carboxylic acids is 1. The summed E-state index contributed by atoms with van der Waals surface area (Å²) in [5.74, 6) is 0.279. The minimum Gasteiger partial charge on any atom is -0.393 e. The average molecular weight is 273 g/mol. The summed E-state index contributed by atoms with van der Waals surface area (Å²) in [7, 11) is 0. The summed E-state index contributed by atoms with van der Waals surface area (Å²) in [6, 6.07) is 7.66. The average Bonchev–Trinajstić information content (AvgIpc) is 2.90. The molecular formula is C15H19N3O2. The largest absolute Gasteiger partial charge is 0.393 e. The highest BCUT2D eigenvalue weighted by Crippen LogP contribution is 2.23. The molecule has 1 aromatic carbocycles. The van der Waals surface area contributed by atoms with E-state index in [0.717, 1.165) is 23.7 Å². The molecule has 0 bridgehead atoms. The molecule has 1 aromatic heterocycles. The van der Waals surface area contributed by atoms with Gasteiger partial charge in [0.2, 0.25) is 0 Å². The van der Waals surface area contributed by atoms with Crippen LogP contribution in [0.5, 0.6) is 0 Å². The number of H-pyrrole nitrogens is 1. The highest BCUT2D eigenvalue weighted by molar-refractivity contribution is 6.04. The number of carbonyl (C=O) groups is 1. The van der Waals surface area contributed by atoms with Crippen molar-refractivity contribution < 1.29 is 9.90 Å². The molecule has 2 aromatic rings. The number of hydrogen-bond acceptors (Lipinski definition) is 3. The molecule has 1 atom stereocenters. The lowest BCUT2D eigenvalue weighted by Gasteiger charge is -2.32. The molecule has 0 saturated carbocycles. The van der Waals surface area contributed by atoms with Crippen LogP contribution in [0, 0.1) is 5.92 Å². The fourth-order valence-corrected chi connectivity index (χ4v) is 2.86. The topological polar surface area (TPSA) is 69.2 Å². The van der Waals surface area contributed by atoms with E-state index in [4.69, 9.17) is 0 Å². The van der Waals surface area contributed by atoms with Crippen LogP contribution in [0.2, 0.25) is 0 Å². The predicted octanol–water partition coefficient (Wildman–Crippen LogP) is 1.80. The molecule has 1 aliphatic rings. The van der Waals surface area contributed by atoms with Crippen LogP contribution in [0.25, 0.3) is 10.9 Å². The Labute approximate surface area is 117 Å². The van der Waals surface area contributed by atoms with Gasteiger partial charge in [-0.05, 0) is 31.7 Å². The van der Waals surface area contributed by atoms with Crippen LogP contribution in [0.4, 0.5) is 0 Å². The first-order valence-corrected chi connectivity index (χ1v) is 7.07. The summed E-state index contributed by atoms with van der Waals surface area (Å²) < 4.78 is 0. The maximum atomic E-state index is 12.5. The van der Waals surface area contributed by atoms with E-state index in [1.54, 1.807) is 0 Å². The predicted molar refractivity (Wildman–Crippen MR) is 76.4 cm³/mol. The van der Waals surface area contributed by atoms with E-state index in [0.29, 0.717) is 24.7 Å². The van der Waals surface area contributed by atoms with Crippen molar-refractivity contribution in [1.82, 2.24) is 15.1 Å². The van der Waals surface area contributed by atoms with Crippen LogP contribution >= 0.6 is 0 Å². The number of hydrogen-bond donors (Lipinski definition) is 2. The standard InChI is InChI=1S/C15H19N3O2/c1-10(19)11-6-8-18(9-7-11)15(20)14-12-4-2-3-5-13(12)16-17-14/h2-5,10-11,19H,6-9H2,1H3,(H,16,17). The Morgan fingerprint density at radius 2 is 2.10 bits per heavy atom. The number of aliphatic hydroxyl groups excluding tert-OH is 1. The van der Waals surface area contributed by atoms with Crippen molar-refractivity contribution in [2.75, 3.05) is 13.1 Å². The van der Waals surface area contributed by atoms with E-state index in [1.165, 1.54) is 0 Å². The number of piperidine rings is 1. The maximum Gasteiger partial charge on any atom is 0.274 e. The second kappa shape index (κ2) is 5.25. The third-order valence-electron chi connectivity index (χ3n) is 4.18. The molecule has 5 nitrogen and oxygen atoms in total. The summed E-state index contributed by atoms with van der Waals surface area (Å²) in [5, 5.41) is 17.5. The molecule has 1 saturated heterocycles. The molecule has 106 valence electrons. The third kappa shape index (κ3) is 2.29. The van der Waals surface area contributed by atoms with Gasteiger partial charge in [-0.1, -0.05) is 18.2 Å². The van der Waals surface area contributed by atoms with E-state index in [2.05, 4.69) is 10.2 Å². The van der Waals surface area contributed by atoms with Crippen molar-refractivity contribution in [2.45, 2.75) is 25.9 Å². The lowest BCUT2D eigenvalue weighted by Crippen LogP contribution is -2.40. The Balaban J connectivity index is 1.77. The second-order valence-corrected chi connectivity index (χ2v) is 5.49. The van der Waals surface area contributed by atoms with Gasteiger partial charge in [-0.3, -0.25) is 9.89 Å². The van der Waals surface area contributed by atoms with Crippen molar-refractivity contribution in [2.24, 2.45) is 5.92 Å². The Kier molecular flexibility index (Phi) is 3.44. The lowest BCUT2D eigenvalue weighted by atomic mass is 9.92. The molecule has 0 spiro atoms. The van der Waals surface area contributed by atoms with Gasteiger partial charge in [0.25, 0.3) is 5.91 Å². The van der Waals surface area contributed by atoms with Gasteiger partial charge in [-0.25, -0.2) is 0 Å². The van der Waals surface area contributed by atoms with Crippen LogP contribution in [-0.2, 0) is 0 Å². The van der Waals surface area contributed by atoms with E-state index in [9.17, 15) is 9.90 Å². The van der Waals surface area contributed by atoms with Gasteiger partial charge in [0, 0.05) is 18.5 Å². The number of nitrogens with zero attached hydrogens (tertiary/aromatic N) is 2. The smallest absolute Gasteiger partial charge is 0.274 e. The number of aromatic nitrogens is 2. The first-order valence-electron chi connectivity index (χ1n) is 7.07. The van der Waals surface area contributed by atoms with Gasteiger partial charge in [0.1, 0.15) is 0 Å². The number of fused-ring (bicyclic) bond motifs is 1. The van der Waals surface area contributed by atoms with Gasteiger partial charge in [0.05, 0.1) is 11.6 Å². The van der Waals surface area contributed by atoms with Crippen LogP contribution in [0.3, 0.4) is 0 Å². The highest BCUT2D eigenvalue weighted by atomic mass is 16.3. The number of amides is 1. The molecular weight excluding hydrogens is 254 g/mol. The Morgan fingerprint density at radius 3 is 2.80 bits per heavy atom. The normalized spacial score (nSPS) is 18.4. The summed E-state index contributed by atoms with van der Waals surface area (Å²) in [5.41, 5.74) is 1.38. The van der Waals surface area contributed by atoms with Gasteiger partial charge in [0.15, 0.2) is 5.69 Å². The number of rotatable bonds is 2. The van der Waals surface area contributed by atoms with E-state index >= 15 is 0 Å². The maximum absolute atomic E-state index is 12.5. The molecule has 1 aliphatic heterocycles. The zero-order valence-electron chi connectivity index (χ0n) is 11.5. The quantitative estimate of drug-likeness (QED) is 0.876. The molecule has 1 amide bonds. The third-order valence-corrected chi connectivity index (χ3v) is 4.18. The number of para-hydroxylation sites is 1. The Morgan fingerprint density at radius 1 is 1.40 bits per heavy atom. The van der Waals surface area contributed by atoms with Crippen LogP contribution in [0.15, 0.2) is 24.3 Å². The van der Waals surface area contributed by atoms with E-state index in [1.807, 2.05) is 36.1 Å². The fraction of sp³-hybridized carbons (Fsp3) is 0.467. The SMILES string of the molecule is CC(O)C1CCN(C(=O)c2n[nH]c3ccccc23)CC1. The molecule has 5 heteroatoms.